The first-order valence-corrected chi connectivity index (χ1v) is 9.26. The van der Waals surface area contributed by atoms with Crippen LogP contribution < -0.4 is 10.1 Å². The summed E-state index contributed by atoms with van der Waals surface area (Å²) < 4.78 is 12.9. The molecule has 0 bridgehead atoms. The van der Waals surface area contributed by atoms with Crippen molar-refractivity contribution in [3.63, 3.8) is 0 Å². The van der Waals surface area contributed by atoms with E-state index in [0.29, 0.717) is 25.4 Å². The Morgan fingerprint density at radius 1 is 1.44 bits per heavy atom. The second kappa shape index (κ2) is 7.93. The van der Waals surface area contributed by atoms with Gasteiger partial charge >= 0.3 is 0 Å². The molecule has 1 aromatic carbocycles. The number of carbonyl (C=O) groups is 1. The number of rotatable bonds is 6. The van der Waals surface area contributed by atoms with Crippen LogP contribution in [0.2, 0.25) is 0 Å². The molecule has 1 atom stereocenters. The summed E-state index contributed by atoms with van der Waals surface area (Å²) in [7, 11) is 1.67. The Labute approximate surface area is 151 Å². The fourth-order valence-electron chi connectivity index (χ4n) is 2.82. The number of ether oxygens (including phenoxy) is 2. The zero-order valence-corrected chi connectivity index (χ0v) is 15.6. The van der Waals surface area contributed by atoms with E-state index in [-0.39, 0.29) is 5.91 Å². The van der Waals surface area contributed by atoms with E-state index in [0.717, 1.165) is 27.6 Å². The summed E-state index contributed by atoms with van der Waals surface area (Å²) in [5, 5.41) is 7.51. The molecular formula is C18H23N3O3S. The molecule has 7 heteroatoms. The number of nitrogens with one attached hydrogen (secondary N) is 1. The average molecular weight is 361 g/mol. The number of carbonyl (C=O) groups excluding carboxylic acids is 1. The van der Waals surface area contributed by atoms with Crippen LogP contribution in [-0.2, 0) is 22.6 Å². The van der Waals surface area contributed by atoms with E-state index in [2.05, 4.69) is 10.4 Å². The van der Waals surface area contributed by atoms with Crippen LogP contribution in [0.5, 0.6) is 5.75 Å². The van der Waals surface area contributed by atoms with Crippen molar-refractivity contribution in [1.82, 2.24) is 15.1 Å². The van der Waals surface area contributed by atoms with Gasteiger partial charge in [-0.3, -0.25) is 9.48 Å². The minimum absolute atomic E-state index is 0.0922. The number of benzene rings is 1. The van der Waals surface area contributed by atoms with Crippen molar-refractivity contribution in [3.8, 4) is 5.75 Å². The molecule has 1 unspecified atom stereocenters. The van der Waals surface area contributed by atoms with Crippen molar-refractivity contribution in [2.75, 3.05) is 19.5 Å². The van der Waals surface area contributed by atoms with Gasteiger partial charge in [0.2, 0.25) is 0 Å². The number of methoxy groups -OCH3 is 1. The molecule has 1 aliphatic heterocycles. The molecule has 2 aromatic rings. The van der Waals surface area contributed by atoms with Gasteiger partial charge in [-0.1, -0.05) is 12.1 Å². The van der Waals surface area contributed by atoms with E-state index in [4.69, 9.17) is 9.47 Å². The van der Waals surface area contributed by atoms with Crippen LogP contribution in [0.3, 0.4) is 0 Å². The summed E-state index contributed by atoms with van der Waals surface area (Å²) >= 11 is 1.65. The number of aromatic nitrogens is 2. The van der Waals surface area contributed by atoms with Gasteiger partial charge in [0.1, 0.15) is 5.75 Å². The summed E-state index contributed by atoms with van der Waals surface area (Å²) in [6, 6.07) is 7.80. The van der Waals surface area contributed by atoms with Crippen LogP contribution in [-0.4, -0.2) is 41.3 Å². The Bertz CT molecular complexity index is 760. The fourth-order valence-corrected chi connectivity index (χ4v) is 3.81. The van der Waals surface area contributed by atoms with Crippen LogP contribution in [0.15, 0.2) is 29.2 Å². The molecule has 134 valence electrons. The maximum Gasteiger partial charge on any atom is 0.262 e. The maximum absolute atomic E-state index is 12.5. The Morgan fingerprint density at radius 2 is 2.24 bits per heavy atom. The molecule has 1 N–H and O–H groups in total. The molecule has 25 heavy (non-hydrogen) atoms. The average Bonchev–Trinajstić information content (AvgIpc) is 2.90. The number of fused-ring (bicyclic) bond motifs is 1. The van der Waals surface area contributed by atoms with Crippen molar-refractivity contribution in [2.24, 2.45) is 0 Å². The first-order valence-electron chi connectivity index (χ1n) is 8.28. The summed E-state index contributed by atoms with van der Waals surface area (Å²) in [6.45, 7) is 5.74. The Kier molecular flexibility index (Phi) is 5.65. The second-order valence-electron chi connectivity index (χ2n) is 5.95. The summed E-state index contributed by atoms with van der Waals surface area (Å²) in [4.78, 5) is 13.6. The number of para-hydroxylation sites is 1. The number of aryl methyl sites for hydroxylation is 1. The molecule has 6 nitrogen and oxygen atoms in total. The highest BCUT2D eigenvalue weighted by Gasteiger charge is 2.26. The largest absolute Gasteiger partial charge is 0.479 e. The quantitative estimate of drug-likeness (QED) is 0.855. The normalized spacial score (nSPS) is 16.2. The topological polar surface area (TPSA) is 65.4 Å². The molecule has 0 aliphatic carbocycles. The summed E-state index contributed by atoms with van der Waals surface area (Å²) in [5.41, 5.74) is 3.03. The summed E-state index contributed by atoms with van der Waals surface area (Å²) in [6.07, 6.45) is -0.468. The molecule has 1 aliphatic rings. The first-order chi connectivity index (χ1) is 12.1. The van der Waals surface area contributed by atoms with E-state index in [9.17, 15) is 4.79 Å². The lowest BCUT2D eigenvalue weighted by Gasteiger charge is -2.24. The second-order valence-corrected chi connectivity index (χ2v) is 7.01. The predicted octanol–water partition coefficient (Wildman–Crippen LogP) is 2.32. The molecule has 1 aromatic heterocycles. The van der Waals surface area contributed by atoms with Crippen molar-refractivity contribution in [1.29, 1.82) is 0 Å². The van der Waals surface area contributed by atoms with E-state index < -0.39 is 6.10 Å². The van der Waals surface area contributed by atoms with Crippen LogP contribution in [0, 0.1) is 13.8 Å². The lowest BCUT2D eigenvalue weighted by Crippen LogP contribution is -2.41. The molecule has 3 rings (SSSR count). The minimum atomic E-state index is -0.468. The lowest BCUT2D eigenvalue weighted by atomic mass is 10.2. The van der Waals surface area contributed by atoms with Crippen LogP contribution >= 0.6 is 11.8 Å². The van der Waals surface area contributed by atoms with Gasteiger partial charge in [0.05, 0.1) is 18.8 Å². The third kappa shape index (κ3) is 3.99. The lowest BCUT2D eigenvalue weighted by molar-refractivity contribution is -0.127. The summed E-state index contributed by atoms with van der Waals surface area (Å²) in [5.74, 6) is 1.30. The van der Waals surface area contributed by atoms with Crippen LogP contribution in [0.1, 0.15) is 17.0 Å². The van der Waals surface area contributed by atoms with Crippen molar-refractivity contribution in [2.45, 2.75) is 37.9 Å². The molecular weight excluding hydrogens is 338 g/mol. The third-order valence-corrected chi connectivity index (χ3v) is 5.40. The molecule has 2 heterocycles. The Balaban J connectivity index is 1.61. The van der Waals surface area contributed by atoms with Gasteiger partial charge in [-0.05, 0) is 26.0 Å². The van der Waals surface area contributed by atoms with E-state index >= 15 is 0 Å². The zero-order chi connectivity index (χ0) is 17.8. The van der Waals surface area contributed by atoms with Gasteiger partial charge in [-0.2, -0.15) is 5.10 Å². The first kappa shape index (κ1) is 17.8. The van der Waals surface area contributed by atoms with Gasteiger partial charge in [0.15, 0.2) is 6.10 Å². The molecule has 0 saturated heterocycles. The highest BCUT2D eigenvalue weighted by atomic mass is 32.2. The minimum Gasteiger partial charge on any atom is -0.479 e. The molecule has 0 spiro atoms. The Morgan fingerprint density at radius 3 is 3.04 bits per heavy atom. The SMILES string of the molecule is COCCn1nc(C)c(CNC(=O)C2CSc3ccccc3O2)c1C. The standard InChI is InChI=1S/C18H23N3O3S/c1-12-14(13(2)21(20-12)8-9-23-3)10-19-18(22)16-11-25-17-7-5-4-6-15(17)24-16/h4-7,16H,8-11H2,1-3H3,(H,19,22). The predicted molar refractivity (Wildman–Crippen MR) is 97.0 cm³/mol. The van der Waals surface area contributed by atoms with Gasteiger partial charge in [0, 0.05) is 35.6 Å². The highest BCUT2D eigenvalue weighted by Crippen LogP contribution is 2.34. The molecule has 0 radical (unpaired) electrons. The van der Waals surface area contributed by atoms with E-state index in [1.807, 2.05) is 42.8 Å². The van der Waals surface area contributed by atoms with E-state index in [1.54, 1.807) is 18.9 Å². The van der Waals surface area contributed by atoms with Gasteiger partial charge in [-0.25, -0.2) is 0 Å². The van der Waals surface area contributed by atoms with Gasteiger partial charge < -0.3 is 14.8 Å². The molecule has 1 amide bonds. The van der Waals surface area contributed by atoms with Gasteiger partial charge in [0.25, 0.3) is 5.91 Å². The van der Waals surface area contributed by atoms with Crippen molar-refractivity contribution >= 4 is 17.7 Å². The number of hydrogen-bond donors (Lipinski definition) is 1. The number of thioether (sulfide) groups is 1. The van der Waals surface area contributed by atoms with Crippen molar-refractivity contribution < 1.29 is 14.3 Å². The zero-order valence-electron chi connectivity index (χ0n) is 14.7. The maximum atomic E-state index is 12.5. The number of nitrogens with zero attached hydrogens (tertiary/aromatic N) is 2. The molecule has 0 saturated carbocycles. The van der Waals surface area contributed by atoms with Crippen LogP contribution in [0.25, 0.3) is 0 Å². The number of amides is 1. The van der Waals surface area contributed by atoms with E-state index in [1.165, 1.54) is 0 Å². The molecule has 0 fully saturated rings. The third-order valence-electron chi connectivity index (χ3n) is 4.28. The van der Waals surface area contributed by atoms with Gasteiger partial charge in [-0.15, -0.1) is 11.8 Å². The fraction of sp³-hybridized carbons (Fsp3) is 0.444. The van der Waals surface area contributed by atoms with Crippen LogP contribution in [0.4, 0.5) is 0 Å². The number of hydrogen-bond acceptors (Lipinski definition) is 5. The monoisotopic (exact) mass is 361 g/mol. The Hall–Kier alpha value is -1.99. The highest BCUT2D eigenvalue weighted by molar-refractivity contribution is 7.99. The smallest absolute Gasteiger partial charge is 0.262 e. The van der Waals surface area contributed by atoms with Crippen molar-refractivity contribution in [3.05, 3.63) is 41.2 Å².